The number of rotatable bonds is 18. The van der Waals surface area contributed by atoms with Crippen molar-refractivity contribution in [1.82, 2.24) is 44.9 Å². The van der Waals surface area contributed by atoms with Crippen LogP contribution in [0.15, 0.2) is 472 Å². The van der Waals surface area contributed by atoms with Gasteiger partial charge in [0.2, 0.25) is 0 Å². The van der Waals surface area contributed by atoms with E-state index in [9.17, 15) is 0 Å². The average molecular weight is 1640 g/mol. The van der Waals surface area contributed by atoms with Gasteiger partial charge in [0.05, 0.1) is 45.6 Å². The Balaban J connectivity index is 0.000000161. The van der Waals surface area contributed by atoms with Crippen LogP contribution < -0.4 is 0 Å². The van der Waals surface area contributed by atoms with E-state index in [4.69, 9.17) is 55.3 Å². The van der Waals surface area contributed by atoms with Crippen LogP contribution in [0.4, 0.5) is 0 Å². The van der Waals surface area contributed by atoms with Crippen LogP contribution in [0, 0.1) is 5.41 Å². The van der Waals surface area contributed by atoms with Gasteiger partial charge in [-0.2, -0.15) is 0 Å². The van der Waals surface area contributed by atoms with Crippen molar-refractivity contribution in [3.05, 3.63) is 478 Å². The van der Waals surface area contributed by atoms with Gasteiger partial charge in [-0.3, -0.25) is 25.3 Å². The summed E-state index contributed by atoms with van der Waals surface area (Å²) in [5, 5.41) is 13.2. The maximum absolute atomic E-state index is 8.58. The van der Waals surface area contributed by atoms with E-state index in [1.165, 1.54) is 21.9 Å². The zero-order chi connectivity index (χ0) is 85.7. The molecule has 0 aliphatic carbocycles. The molecule has 12 nitrogen and oxygen atoms in total. The molecule has 21 aromatic rings. The Morgan fingerprint density at radius 1 is 0.195 bits per heavy atom. The summed E-state index contributed by atoms with van der Waals surface area (Å²) < 4.78 is 0. The first kappa shape index (κ1) is 79.0. The highest BCUT2D eigenvalue weighted by atomic mass is 15.0. The number of benzene rings is 14. The summed E-state index contributed by atoms with van der Waals surface area (Å²) in [5.41, 5.74) is 29.1. The molecule has 602 valence electrons. The molecular formula is C116H78N12. The Bertz CT molecular complexity index is 7310. The van der Waals surface area contributed by atoms with Crippen LogP contribution in [0.1, 0.15) is 16.7 Å². The lowest BCUT2D eigenvalue weighted by Crippen LogP contribution is -2.04. The first-order valence-corrected chi connectivity index (χ1v) is 42.4. The Labute approximate surface area is 741 Å². The van der Waals surface area contributed by atoms with E-state index in [1.807, 2.05) is 201 Å². The summed E-state index contributed by atoms with van der Waals surface area (Å²) in [7, 11) is 0. The van der Waals surface area contributed by atoms with Crippen molar-refractivity contribution >= 4 is 39.4 Å². The van der Waals surface area contributed by atoms with Crippen LogP contribution in [0.5, 0.6) is 0 Å². The third-order valence-electron chi connectivity index (χ3n) is 22.6. The summed E-state index contributed by atoms with van der Waals surface area (Å²) >= 11 is 0. The van der Waals surface area contributed by atoms with Crippen LogP contribution in [-0.4, -0.2) is 62.7 Å². The molecule has 0 atom stereocenters. The highest BCUT2D eigenvalue weighted by molar-refractivity contribution is 6.13. The predicted octanol–water partition coefficient (Wildman–Crippen LogP) is 28.1. The van der Waals surface area contributed by atoms with Crippen molar-refractivity contribution in [1.29, 1.82) is 5.41 Å². The van der Waals surface area contributed by atoms with Crippen LogP contribution >= 0.6 is 0 Å². The average Bonchev–Trinajstić information content (AvgIpc) is 0.777. The van der Waals surface area contributed by atoms with Crippen molar-refractivity contribution in [2.45, 2.75) is 0 Å². The molecule has 7 aromatic heterocycles. The van der Waals surface area contributed by atoms with Crippen LogP contribution in [0.3, 0.4) is 0 Å². The molecule has 1 N–H and O–H groups in total. The number of aromatic nitrogens is 9. The minimum Gasteiger partial charge on any atom is -0.282 e. The van der Waals surface area contributed by atoms with Gasteiger partial charge in [0.15, 0.2) is 29.1 Å². The first-order chi connectivity index (χ1) is 63.3. The molecule has 0 radical (unpaired) electrons. The molecule has 0 saturated carbocycles. The standard InChI is InChI=1S/C60H42N6.C56H36N6/c61-59(50-17-9-3-10-18-50)66-60(51-19-11-4-12-20-51)64-39-42-21-23-45(24-22-42)47-25-29-48(30-26-47)53-34-36-56(63-41-53)58-38-54(49-31-27-46(28-32-49)43-13-5-1-6-14-43)37-57(65-58)55-35-33-52(40-62-55)44-15-7-2-8-16-44;1-3-12-41(13-4-1)54-60-55(42-14-5-2-6-15-42)62-56(61-54)43-26-23-39(24-27-43)38-19-21-40(22-20-38)48-29-30-50(57-36-48)52-33-49(46-28-25-37-11-7-8-16-44(37)31-46)34-53(59-52)51-32-45-17-9-10-18-47(45)35-58-51/h1-41,61H;1-36H. The molecule has 0 amide bonds. The lowest BCUT2D eigenvalue weighted by Gasteiger charge is -2.11. The number of aliphatic imine (C=N–C) groups is 2. The smallest absolute Gasteiger partial charge is 0.164 e. The zero-order valence-corrected chi connectivity index (χ0v) is 69.4. The van der Waals surface area contributed by atoms with Gasteiger partial charge < -0.3 is 0 Å². The molecule has 21 rings (SSSR count). The lowest BCUT2D eigenvalue weighted by molar-refractivity contribution is 1.07. The van der Waals surface area contributed by atoms with E-state index >= 15 is 0 Å². The lowest BCUT2D eigenvalue weighted by atomic mass is 9.98. The van der Waals surface area contributed by atoms with Crippen molar-refractivity contribution in [3.63, 3.8) is 0 Å². The first-order valence-electron chi connectivity index (χ1n) is 42.4. The molecule has 7 heterocycles. The van der Waals surface area contributed by atoms with Gasteiger partial charge in [0, 0.05) is 80.9 Å². The summed E-state index contributed by atoms with van der Waals surface area (Å²) in [6.45, 7) is 0. The zero-order valence-electron chi connectivity index (χ0n) is 69.4. The van der Waals surface area contributed by atoms with Crippen molar-refractivity contribution < 1.29 is 0 Å². The summed E-state index contributed by atoms with van der Waals surface area (Å²) in [4.78, 5) is 53.9. The second-order valence-corrected chi connectivity index (χ2v) is 31.0. The molecule has 12 heteroatoms. The molecule has 0 spiro atoms. The Kier molecular flexibility index (Phi) is 22.6. The maximum atomic E-state index is 8.58. The van der Waals surface area contributed by atoms with Gasteiger partial charge in [-0.15, -0.1) is 0 Å². The highest BCUT2D eigenvalue weighted by Crippen LogP contribution is 2.38. The molecule has 0 fully saturated rings. The van der Waals surface area contributed by atoms with Gasteiger partial charge in [-0.1, -0.05) is 382 Å². The van der Waals surface area contributed by atoms with E-state index in [-0.39, 0.29) is 5.84 Å². The van der Waals surface area contributed by atoms with Crippen LogP contribution in [0.25, 0.3) is 190 Å². The van der Waals surface area contributed by atoms with Crippen LogP contribution in [-0.2, 0) is 0 Å². The molecule has 0 unspecified atom stereocenters. The van der Waals surface area contributed by atoms with Gasteiger partial charge in [0.1, 0.15) is 0 Å². The number of nitrogens with zero attached hydrogens (tertiary/aromatic N) is 11. The highest BCUT2D eigenvalue weighted by Gasteiger charge is 2.19. The molecule has 128 heavy (non-hydrogen) atoms. The topological polar surface area (TPSA) is 165 Å². The summed E-state index contributed by atoms with van der Waals surface area (Å²) in [6.07, 6.45) is 9.48. The SMILES string of the molecule is N=C(N=C(N=Cc1ccc(-c2ccc(-c3ccc(-c4cc(-c5ccc(-c6ccccc6)cc5)cc(-c5ccc(-c6ccccc6)cn5)n4)nc3)cc2)cc1)c1ccccc1)c1ccccc1.c1ccc(-c2nc(-c3ccccc3)nc(-c3ccc(-c4ccc(-c5ccc(-c6cc(-c7ccc8ccccc8c7)cc(-c7cc8ccccc8cn7)n6)nc5)cc4)cc3)n2)cc1. The van der Waals surface area contributed by atoms with E-state index in [1.54, 1.807) is 6.21 Å². The quantitative estimate of drug-likeness (QED) is 0.0650. The van der Waals surface area contributed by atoms with E-state index in [0.29, 0.717) is 23.3 Å². The number of fused-ring (bicyclic) bond motifs is 2. The van der Waals surface area contributed by atoms with Crippen molar-refractivity contribution in [2.75, 3.05) is 0 Å². The normalized spacial score (nSPS) is 11.3. The number of pyridine rings is 6. The van der Waals surface area contributed by atoms with Gasteiger partial charge in [-0.05, 0) is 149 Å². The molecule has 0 bridgehead atoms. The monoisotopic (exact) mass is 1640 g/mol. The Hall–Kier alpha value is -17.5. The molecular weight excluding hydrogens is 1560 g/mol. The molecule has 14 aromatic carbocycles. The Morgan fingerprint density at radius 2 is 0.484 bits per heavy atom. The third kappa shape index (κ3) is 18.1. The number of hydrogen-bond donors (Lipinski definition) is 1. The largest absolute Gasteiger partial charge is 0.282 e. The fourth-order valence-electron chi connectivity index (χ4n) is 15.7. The second-order valence-electron chi connectivity index (χ2n) is 31.0. The third-order valence-corrected chi connectivity index (χ3v) is 22.6. The van der Waals surface area contributed by atoms with Crippen molar-refractivity contribution in [2.24, 2.45) is 9.98 Å². The minimum atomic E-state index is 0.161. The maximum Gasteiger partial charge on any atom is 0.164 e. The Morgan fingerprint density at radius 3 is 0.906 bits per heavy atom. The summed E-state index contributed by atoms with van der Waals surface area (Å²) in [5.74, 6) is 2.56. The van der Waals surface area contributed by atoms with E-state index < -0.39 is 0 Å². The van der Waals surface area contributed by atoms with E-state index in [0.717, 1.165) is 168 Å². The van der Waals surface area contributed by atoms with Crippen LogP contribution in [0.2, 0.25) is 0 Å². The van der Waals surface area contributed by atoms with Gasteiger partial charge in [0.25, 0.3) is 0 Å². The predicted molar refractivity (Wildman–Crippen MR) is 523 cm³/mol. The number of nitrogens with one attached hydrogen (secondary N) is 1. The van der Waals surface area contributed by atoms with Gasteiger partial charge >= 0.3 is 0 Å². The van der Waals surface area contributed by atoms with E-state index in [2.05, 4.69) is 266 Å². The number of hydrogen-bond acceptors (Lipinski definition) is 10. The van der Waals surface area contributed by atoms with Crippen molar-refractivity contribution in [3.8, 4) is 169 Å². The molecule has 0 saturated heterocycles. The van der Waals surface area contributed by atoms with Gasteiger partial charge in [-0.25, -0.2) is 34.9 Å². The summed E-state index contributed by atoms with van der Waals surface area (Å²) in [6, 6.07) is 149. The fourth-order valence-corrected chi connectivity index (χ4v) is 15.7. The number of amidine groups is 2. The second kappa shape index (κ2) is 36.7. The fraction of sp³-hybridized carbons (Fsp3) is 0. The molecule has 0 aliphatic rings. The molecule has 0 aliphatic heterocycles. The minimum absolute atomic E-state index is 0.161.